The third-order valence-corrected chi connectivity index (χ3v) is 7.67. The van der Waals surface area contributed by atoms with Crippen LogP contribution in [0.5, 0.6) is 0 Å². The Kier molecular flexibility index (Phi) is 6.09. The van der Waals surface area contributed by atoms with Gasteiger partial charge in [-0.2, -0.15) is 0 Å². The van der Waals surface area contributed by atoms with Gasteiger partial charge in [0.05, 0.1) is 34.2 Å². The minimum absolute atomic E-state index is 0.252. The van der Waals surface area contributed by atoms with Crippen molar-refractivity contribution in [1.29, 1.82) is 0 Å². The van der Waals surface area contributed by atoms with Crippen molar-refractivity contribution in [3.63, 3.8) is 0 Å². The third-order valence-electron chi connectivity index (χ3n) is 6.70. The number of carbonyl (C=O) groups excluding carboxylic acids is 2. The minimum atomic E-state index is -1.87. The SMILES string of the molecule is Cc1ncsc1-c1ccc(C2(NC(=O)[C@@H]3[C@@H](F)[C@@H](O)CN3C(=O)C(N)C(C)(C)C)CC2)cc1. The maximum atomic E-state index is 14.9. The molecule has 0 radical (unpaired) electrons. The summed E-state index contributed by atoms with van der Waals surface area (Å²) in [4.78, 5) is 32.7. The van der Waals surface area contributed by atoms with E-state index >= 15 is 0 Å². The number of β-amino-alcohol motifs (C(OH)–C–C–N with tert-alkyl or cyclic N) is 1. The van der Waals surface area contributed by atoms with Gasteiger partial charge in [-0.1, -0.05) is 45.0 Å². The molecule has 1 saturated carbocycles. The fourth-order valence-corrected chi connectivity index (χ4v) is 5.11. The van der Waals surface area contributed by atoms with Crippen LogP contribution >= 0.6 is 11.3 Å². The molecule has 1 aliphatic heterocycles. The monoisotopic (exact) mass is 474 g/mol. The van der Waals surface area contributed by atoms with E-state index in [1.54, 1.807) is 32.1 Å². The van der Waals surface area contributed by atoms with E-state index in [0.29, 0.717) is 0 Å². The molecule has 7 nitrogen and oxygen atoms in total. The van der Waals surface area contributed by atoms with Crippen LogP contribution in [0.2, 0.25) is 0 Å². The average molecular weight is 475 g/mol. The summed E-state index contributed by atoms with van der Waals surface area (Å²) in [5, 5.41) is 13.1. The van der Waals surface area contributed by atoms with E-state index in [9.17, 15) is 19.1 Å². The second-order valence-electron chi connectivity index (χ2n) is 10.2. The molecule has 2 aliphatic rings. The van der Waals surface area contributed by atoms with Gasteiger partial charge in [-0.05, 0) is 36.3 Å². The zero-order valence-corrected chi connectivity index (χ0v) is 20.2. The smallest absolute Gasteiger partial charge is 0.246 e. The fourth-order valence-electron chi connectivity index (χ4n) is 4.30. The first kappa shape index (κ1) is 23.8. The third kappa shape index (κ3) is 4.41. The Morgan fingerprint density at radius 2 is 1.94 bits per heavy atom. The van der Waals surface area contributed by atoms with E-state index in [0.717, 1.165) is 39.4 Å². The van der Waals surface area contributed by atoms with Crippen LogP contribution in [0.1, 0.15) is 44.9 Å². The Labute approximate surface area is 197 Å². The summed E-state index contributed by atoms with van der Waals surface area (Å²) in [5.41, 5.74) is 9.70. The molecule has 9 heteroatoms. The maximum absolute atomic E-state index is 14.9. The van der Waals surface area contributed by atoms with Crippen molar-refractivity contribution < 1.29 is 19.1 Å². The van der Waals surface area contributed by atoms with Crippen molar-refractivity contribution in [2.45, 2.75) is 70.4 Å². The highest BCUT2D eigenvalue weighted by Crippen LogP contribution is 2.46. The number of thiazole rings is 1. The molecular weight excluding hydrogens is 443 g/mol. The summed E-state index contributed by atoms with van der Waals surface area (Å²) in [7, 11) is 0. The van der Waals surface area contributed by atoms with Gasteiger partial charge in [-0.15, -0.1) is 11.3 Å². The van der Waals surface area contributed by atoms with Crippen molar-refractivity contribution in [3.8, 4) is 10.4 Å². The van der Waals surface area contributed by atoms with E-state index < -0.39 is 47.1 Å². The Bertz CT molecular complexity index is 1040. The first-order chi connectivity index (χ1) is 15.4. The molecule has 4 atom stereocenters. The van der Waals surface area contributed by atoms with Crippen molar-refractivity contribution >= 4 is 23.2 Å². The number of nitrogens with zero attached hydrogens (tertiary/aromatic N) is 2. The lowest BCUT2D eigenvalue weighted by atomic mass is 9.86. The highest BCUT2D eigenvalue weighted by Gasteiger charge is 2.53. The van der Waals surface area contributed by atoms with Crippen molar-refractivity contribution in [2.24, 2.45) is 11.1 Å². The molecule has 1 aromatic heterocycles. The van der Waals surface area contributed by atoms with Crippen LogP contribution in [0.25, 0.3) is 10.4 Å². The molecule has 1 aliphatic carbocycles. The topological polar surface area (TPSA) is 109 Å². The largest absolute Gasteiger partial charge is 0.388 e. The van der Waals surface area contributed by atoms with Gasteiger partial charge >= 0.3 is 0 Å². The number of nitrogens with two attached hydrogens (primary N) is 1. The lowest BCUT2D eigenvalue weighted by Gasteiger charge is -2.33. The molecule has 4 N–H and O–H groups in total. The molecule has 2 heterocycles. The average Bonchev–Trinajstić information content (AvgIpc) is 3.31. The predicted molar refractivity (Wildman–Crippen MR) is 125 cm³/mol. The van der Waals surface area contributed by atoms with Crippen molar-refractivity contribution in [2.75, 3.05) is 6.54 Å². The highest BCUT2D eigenvalue weighted by molar-refractivity contribution is 7.13. The summed E-state index contributed by atoms with van der Waals surface area (Å²) in [5.74, 6) is -1.13. The molecule has 33 heavy (non-hydrogen) atoms. The summed E-state index contributed by atoms with van der Waals surface area (Å²) in [6, 6.07) is 5.61. The van der Waals surface area contributed by atoms with Gasteiger partial charge in [0.2, 0.25) is 11.8 Å². The highest BCUT2D eigenvalue weighted by atomic mass is 32.1. The minimum Gasteiger partial charge on any atom is -0.388 e. The second-order valence-corrected chi connectivity index (χ2v) is 11.1. The van der Waals surface area contributed by atoms with Gasteiger partial charge in [0.25, 0.3) is 0 Å². The number of aryl methyl sites for hydroxylation is 1. The van der Waals surface area contributed by atoms with Crippen LogP contribution in [0.15, 0.2) is 29.8 Å². The van der Waals surface area contributed by atoms with E-state index in [1.807, 2.05) is 36.7 Å². The lowest BCUT2D eigenvalue weighted by molar-refractivity contribution is -0.142. The number of rotatable bonds is 5. The van der Waals surface area contributed by atoms with Crippen molar-refractivity contribution in [1.82, 2.24) is 15.2 Å². The Morgan fingerprint density at radius 1 is 1.30 bits per heavy atom. The van der Waals surface area contributed by atoms with Crippen LogP contribution in [-0.2, 0) is 15.1 Å². The van der Waals surface area contributed by atoms with Crippen LogP contribution < -0.4 is 11.1 Å². The van der Waals surface area contributed by atoms with Crippen LogP contribution in [0.3, 0.4) is 0 Å². The number of halogens is 1. The van der Waals surface area contributed by atoms with Crippen LogP contribution in [0.4, 0.5) is 4.39 Å². The van der Waals surface area contributed by atoms with Crippen LogP contribution in [0, 0.1) is 12.3 Å². The quantitative estimate of drug-likeness (QED) is 0.617. The Morgan fingerprint density at radius 3 is 2.45 bits per heavy atom. The second kappa shape index (κ2) is 8.45. The zero-order valence-electron chi connectivity index (χ0n) is 19.3. The number of aliphatic hydroxyl groups is 1. The van der Waals surface area contributed by atoms with Gasteiger partial charge in [0.15, 0.2) is 6.17 Å². The lowest BCUT2D eigenvalue weighted by Crippen LogP contribution is -2.57. The van der Waals surface area contributed by atoms with Crippen LogP contribution in [-0.4, -0.2) is 57.7 Å². The number of aliphatic hydroxyl groups excluding tert-OH is 1. The Balaban J connectivity index is 1.52. The van der Waals surface area contributed by atoms with Gasteiger partial charge < -0.3 is 21.1 Å². The van der Waals surface area contributed by atoms with E-state index in [1.165, 1.54) is 0 Å². The fraction of sp³-hybridized carbons (Fsp3) is 0.542. The predicted octanol–water partition coefficient (Wildman–Crippen LogP) is 2.51. The number of hydrogen-bond acceptors (Lipinski definition) is 6. The molecule has 2 fully saturated rings. The number of benzene rings is 1. The van der Waals surface area contributed by atoms with Gasteiger partial charge in [-0.25, -0.2) is 9.37 Å². The molecule has 2 aromatic rings. The number of nitrogens with one attached hydrogen (secondary N) is 1. The number of carbonyl (C=O) groups is 2. The molecule has 1 saturated heterocycles. The number of alkyl halides is 1. The molecule has 1 unspecified atom stereocenters. The van der Waals surface area contributed by atoms with E-state index in [4.69, 9.17) is 5.73 Å². The molecule has 2 amide bonds. The maximum Gasteiger partial charge on any atom is 0.246 e. The standard InChI is InChI=1S/C24H31FN4O3S/c1-13-19(33-12-27-13)14-5-7-15(8-6-14)24(9-10-24)28-21(31)18-17(25)16(30)11-29(18)22(32)20(26)23(2,3)4/h5-8,12,16-18,20,30H,9-11,26H2,1-4H3,(H,28,31)/t16-,17-,18-,20?/m0/s1. The first-order valence-electron chi connectivity index (χ1n) is 11.2. The molecular formula is C24H31FN4O3S. The zero-order chi connectivity index (χ0) is 24.1. The number of amides is 2. The van der Waals surface area contributed by atoms with Gasteiger partial charge in [-0.3, -0.25) is 9.59 Å². The van der Waals surface area contributed by atoms with Gasteiger partial charge in [0, 0.05) is 0 Å². The summed E-state index contributed by atoms with van der Waals surface area (Å²) >= 11 is 1.57. The van der Waals surface area contributed by atoms with E-state index in [-0.39, 0.29) is 6.54 Å². The van der Waals surface area contributed by atoms with E-state index in [2.05, 4.69) is 10.3 Å². The molecule has 178 valence electrons. The summed E-state index contributed by atoms with van der Waals surface area (Å²) in [6.07, 6.45) is -1.85. The molecule has 4 rings (SSSR count). The molecule has 1 aromatic carbocycles. The molecule has 0 spiro atoms. The van der Waals surface area contributed by atoms with Gasteiger partial charge in [0.1, 0.15) is 12.1 Å². The number of aromatic nitrogens is 1. The van der Waals surface area contributed by atoms with Crippen molar-refractivity contribution in [3.05, 3.63) is 41.0 Å². The molecule has 0 bridgehead atoms. The number of hydrogen-bond donors (Lipinski definition) is 3. The summed E-state index contributed by atoms with van der Waals surface area (Å²) < 4.78 is 14.9. The normalized spacial score (nSPS) is 25.1. The summed E-state index contributed by atoms with van der Waals surface area (Å²) in [6.45, 7) is 7.13. The first-order valence-corrected chi connectivity index (χ1v) is 12.0. The number of likely N-dealkylation sites (tertiary alicyclic amines) is 1. The Hall–Kier alpha value is -2.36.